The molecule has 5 rings (SSSR count). The molecule has 35 heavy (non-hydrogen) atoms. The lowest BCUT2D eigenvalue weighted by molar-refractivity contribution is -0.147. The van der Waals surface area contributed by atoms with Crippen molar-refractivity contribution in [2.24, 2.45) is 5.92 Å². The van der Waals surface area contributed by atoms with Gasteiger partial charge in [0.1, 0.15) is 0 Å². The van der Waals surface area contributed by atoms with Crippen LogP contribution in [0.15, 0.2) is 85.2 Å². The van der Waals surface area contributed by atoms with Crippen molar-refractivity contribution in [2.45, 2.75) is 19.8 Å². The first-order valence-electron chi connectivity index (χ1n) is 11.6. The number of esters is 1. The molecule has 0 aliphatic heterocycles. The number of pyridine rings is 1. The van der Waals surface area contributed by atoms with Gasteiger partial charge >= 0.3 is 5.97 Å². The van der Waals surface area contributed by atoms with E-state index in [2.05, 4.69) is 35.3 Å². The fourth-order valence-electron chi connectivity index (χ4n) is 4.73. The average molecular weight is 477 g/mol. The van der Waals surface area contributed by atoms with Gasteiger partial charge in [0.05, 0.1) is 24.2 Å². The number of rotatable bonds is 6. The fourth-order valence-corrected chi connectivity index (χ4v) is 6.12. The maximum atomic E-state index is 12.8. The van der Waals surface area contributed by atoms with Crippen molar-refractivity contribution >= 4 is 38.2 Å². The van der Waals surface area contributed by atoms with Gasteiger partial charge in [-0.3, -0.25) is 9.78 Å². The zero-order chi connectivity index (χ0) is 24.4. The normalized spacial score (nSPS) is 12.8. The molecule has 0 aliphatic rings. The molecule has 0 saturated carbocycles. The third kappa shape index (κ3) is 4.18. The third-order valence-corrected chi connectivity index (χ3v) is 7.67. The summed E-state index contributed by atoms with van der Waals surface area (Å²) in [6.45, 7) is 4.13. The van der Waals surface area contributed by atoms with E-state index in [1.54, 1.807) is 11.3 Å². The van der Waals surface area contributed by atoms with E-state index in [9.17, 15) is 10.1 Å². The Balaban J connectivity index is 1.69. The second-order valence-electron chi connectivity index (χ2n) is 8.50. The van der Waals surface area contributed by atoms with E-state index in [4.69, 9.17) is 4.74 Å². The summed E-state index contributed by atoms with van der Waals surface area (Å²) in [6, 6.07) is 26.4. The van der Waals surface area contributed by atoms with Crippen molar-refractivity contribution in [1.29, 1.82) is 5.26 Å². The lowest BCUT2D eigenvalue weighted by Crippen LogP contribution is -2.22. The lowest BCUT2D eigenvalue weighted by Gasteiger charge is -2.22. The molecule has 5 aromatic rings. The Morgan fingerprint density at radius 2 is 1.74 bits per heavy atom. The lowest BCUT2D eigenvalue weighted by atomic mass is 9.86. The quantitative estimate of drug-likeness (QED) is 0.241. The van der Waals surface area contributed by atoms with Gasteiger partial charge in [0.2, 0.25) is 0 Å². The van der Waals surface area contributed by atoms with Crippen molar-refractivity contribution in [1.82, 2.24) is 4.98 Å². The molecule has 0 aliphatic carbocycles. The fraction of sp³-hybridized carbons (Fsp3) is 0.167. The van der Waals surface area contributed by atoms with Crippen molar-refractivity contribution in [3.05, 3.63) is 101 Å². The first-order chi connectivity index (χ1) is 17.1. The van der Waals surface area contributed by atoms with Crippen LogP contribution in [0.5, 0.6) is 0 Å². The molecule has 172 valence electrons. The second kappa shape index (κ2) is 9.69. The summed E-state index contributed by atoms with van der Waals surface area (Å²) in [5, 5.41) is 12.6. The number of ether oxygens (including phenoxy) is 1. The van der Waals surface area contributed by atoms with Crippen molar-refractivity contribution in [2.75, 3.05) is 6.61 Å². The van der Waals surface area contributed by atoms with Crippen molar-refractivity contribution < 1.29 is 9.53 Å². The zero-order valence-electron chi connectivity index (χ0n) is 19.6. The standard InChI is InChI=1S/C30H24N2O2S/c1-3-34-30(33)19(2)28(20-9-5-4-6-10-20)27-15-22-17-32-18-26(29(22)35-27)25-14-13-21(16-31)23-11-7-8-12-24(23)25/h4-15,17-19,28H,3H2,1-2H3/t19-,28?/m1/s1. The molecule has 2 heterocycles. The molecule has 0 fully saturated rings. The van der Waals surface area contributed by atoms with E-state index < -0.39 is 0 Å². The minimum Gasteiger partial charge on any atom is -0.466 e. The Morgan fingerprint density at radius 1 is 1.00 bits per heavy atom. The van der Waals surface area contributed by atoms with Crippen LogP contribution in [0.1, 0.15) is 35.8 Å². The predicted molar refractivity (Wildman–Crippen MR) is 141 cm³/mol. The number of carbonyl (C=O) groups is 1. The van der Waals surface area contributed by atoms with Gasteiger partial charge < -0.3 is 4.74 Å². The van der Waals surface area contributed by atoms with Gasteiger partial charge in [0.25, 0.3) is 0 Å². The summed E-state index contributed by atoms with van der Waals surface area (Å²) in [6.07, 6.45) is 3.77. The molecule has 3 aromatic carbocycles. The number of fused-ring (bicyclic) bond motifs is 2. The van der Waals surface area contributed by atoms with E-state index >= 15 is 0 Å². The number of carbonyl (C=O) groups excluding carboxylic acids is 1. The van der Waals surface area contributed by atoms with Crippen LogP contribution in [0.4, 0.5) is 0 Å². The molecule has 0 radical (unpaired) electrons. The predicted octanol–water partition coefficient (Wildman–Crippen LogP) is 7.32. The molecule has 0 N–H and O–H groups in total. The van der Waals surface area contributed by atoms with Gasteiger partial charge in [0, 0.05) is 44.2 Å². The van der Waals surface area contributed by atoms with Crippen LogP contribution in [0.2, 0.25) is 0 Å². The minimum absolute atomic E-state index is 0.127. The van der Waals surface area contributed by atoms with Gasteiger partial charge in [0.15, 0.2) is 0 Å². The Bertz CT molecular complexity index is 1570. The van der Waals surface area contributed by atoms with E-state index in [1.807, 2.05) is 74.8 Å². The SMILES string of the molecule is CCOC(=O)[C@H](C)C(c1ccccc1)c1cc2cncc(-c3ccc(C#N)c4ccccc34)c2s1. The van der Waals surface area contributed by atoms with Crippen LogP contribution in [0, 0.1) is 17.2 Å². The van der Waals surface area contributed by atoms with E-state index in [0.29, 0.717) is 12.2 Å². The first kappa shape index (κ1) is 22.8. The first-order valence-corrected chi connectivity index (χ1v) is 12.4. The monoisotopic (exact) mass is 476 g/mol. The van der Waals surface area contributed by atoms with Gasteiger partial charge in [-0.2, -0.15) is 5.26 Å². The highest BCUT2D eigenvalue weighted by atomic mass is 32.1. The number of nitrogens with zero attached hydrogens (tertiary/aromatic N) is 2. The molecular formula is C30H24N2O2S. The van der Waals surface area contributed by atoms with Gasteiger partial charge in [-0.05, 0) is 35.6 Å². The Labute approximate surface area is 208 Å². The maximum absolute atomic E-state index is 12.8. The van der Waals surface area contributed by atoms with Crippen molar-refractivity contribution in [3.8, 4) is 17.2 Å². The van der Waals surface area contributed by atoms with Gasteiger partial charge in [-0.25, -0.2) is 0 Å². The molecule has 1 unspecified atom stereocenters. The van der Waals surface area contributed by atoms with Crippen LogP contribution < -0.4 is 0 Å². The molecule has 4 nitrogen and oxygen atoms in total. The molecule has 0 bridgehead atoms. The van der Waals surface area contributed by atoms with Gasteiger partial charge in [-0.15, -0.1) is 11.3 Å². The van der Waals surface area contributed by atoms with Crippen molar-refractivity contribution in [3.63, 3.8) is 0 Å². The van der Waals surface area contributed by atoms with E-state index in [-0.39, 0.29) is 17.8 Å². The highest BCUT2D eigenvalue weighted by Gasteiger charge is 2.30. The summed E-state index contributed by atoms with van der Waals surface area (Å²) in [7, 11) is 0. The Hall–Kier alpha value is -4.01. The summed E-state index contributed by atoms with van der Waals surface area (Å²) >= 11 is 1.69. The largest absolute Gasteiger partial charge is 0.466 e. The molecule has 5 heteroatoms. The smallest absolute Gasteiger partial charge is 0.309 e. The number of hydrogen-bond acceptors (Lipinski definition) is 5. The average Bonchev–Trinajstić information content (AvgIpc) is 3.33. The number of thiophene rings is 1. The number of benzene rings is 3. The second-order valence-corrected chi connectivity index (χ2v) is 9.59. The molecule has 2 atom stereocenters. The topological polar surface area (TPSA) is 63.0 Å². The maximum Gasteiger partial charge on any atom is 0.309 e. The molecule has 0 saturated heterocycles. The summed E-state index contributed by atoms with van der Waals surface area (Å²) in [5.41, 5.74) is 3.80. The zero-order valence-corrected chi connectivity index (χ0v) is 20.4. The highest BCUT2D eigenvalue weighted by molar-refractivity contribution is 7.19. The van der Waals surface area contributed by atoms with Crippen LogP contribution >= 0.6 is 11.3 Å². The molecular weight excluding hydrogens is 452 g/mol. The van der Waals surface area contributed by atoms with Crippen LogP contribution in [0.3, 0.4) is 0 Å². The molecule has 0 amide bonds. The van der Waals surface area contributed by atoms with E-state index in [1.165, 1.54) is 0 Å². The number of hydrogen-bond donors (Lipinski definition) is 0. The van der Waals surface area contributed by atoms with Crippen LogP contribution in [-0.4, -0.2) is 17.6 Å². The Kier molecular flexibility index (Phi) is 6.31. The number of aromatic nitrogens is 1. The number of nitriles is 1. The Morgan fingerprint density at radius 3 is 2.49 bits per heavy atom. The molecule has 2 aromatic heterocycles. The molecule has 0 spiro atoms. The van der Waals surface area contributed by atoms with Crippen LogP contribution in [-0.2, 0) is 9.53 Å². The van der Waals surface area contributed by atoms with Crippen LogP contribution in [0.25, 0.3) is 32.0 Å². The highest BCUT2D eigenvalue weighted by Crippen LogP contribution is 2.43. The van der Waals surface area contributed by atoms with Gasteiger partial charge in [-0.1, -0.05) is 67.6 Å². The summed E-state index contributed by atoms with van der Waals surface area (Å²) in [5.74, 6) is -0.661. The summed E-state index contributed by atoms with van der Waals surface area (Å²) < 4.78 is 6.50. The minimum atomic E-state index is -0.336. The summed E-state index contributed by atoms with van der Waals surface area (Å²) in [4.78, 5) is 18.4. The van der Waals surface area contributed by atoms with E-state index in [0.717, 1.165) is 42.4 Å². The third-order valence-electron chi connectivity index (χ3n) is 6.40.